The molecule has 1 aliphatic rings. The SMILES string of the molecule is Cc1c(C(=O)NC(C)(CO)C2CC2)cnn1-c1ccc(F)cc1. The molecule has 1 unspecified atom stereocenters. The Morgan fingerprint density at radius 3 is 2.65 bits per heavy atom. The molecule has 1 aliphatic carbocycles. The highest BCUT2D eigenvalue weighted by molar-refractivity contribution is 5.95. The predicted molar refractivity (Wildman–Crippen MR) is 83.9 cm³/mol. The van der Waals surface area contributed by atoms with Crippen molar-refractivity contribution in [3.63, 3.8) is 0 Å². The minimum atomic E-state index is -0.596. The number of nitrogens with one attached hydrogen (secondary N) is 1. The van der Waals surface area contributed by atoms with Gasteiger partial charge in [0.25, 0.3) is 5.91 Å². The lowest BCUT2D eigenvalue weighted by molar-refractivity contribution is 0.0824. The van der Waals surface area contributed by atoms with E-state index in [0.29, 0.717) is 22.9 Å². The summed E-state index contributed by atoms with van der Waals surface area (Å²) in [5.74, 6) is -0.247. The number of halogens is 1. The first kappa shape index (κ1) is 15.7. The maximum Gasteiger partial charge on any atom is 0.255 e. The van der Waals surface area contributed by atoms with Crippen LogP contribution in [0.3, 0.4) is 0 Å². The third-order valence-corrected chi connectivity index (χ3v) is 4.53. The molecule has 1 fully saturated rings. The predicted octanol–water partition coefficient (Wildman–Crippen LogP) is 2.21. The lowest BCUT2D eigenvalue weighted by Gasteiger charge is -2.28. The highest BCUT2D eigenvalue weighted by Gasteiger charge is 2.42. The molecule has 0 saturated heterocycles. The Balaban J connectivity index is 1.83. The van der Waals surface area contributed by atoms with Crippen LogP contribution in [0, 0.1) is 18.7 Å². The zero-order chi connectivity index (χ0) is 16.6. The molecule has 6 heteroatoms. The summed E-state index contributed by atoms with van der Waals surface area (Å²) < 4.78 is 14.6. The molecule has 0 bridgehead atoms. The van der Waals surface area contributed by atoms with Gasteiger partial charge < -0.3 is 10.4 Å². The molecule has 23 heavy (non-hydrogen) atoms. The fourth-order valence-electron chi connectivity index (χ4n) is 2.79. The van der Waals surface area contributed by atoms with Crippen LogP contribution < -0.4 is 5.32 Å². The number of carbonyl (C=O) groups excluding carboxylic acids is 1. The standard InChI is InChI=1S/C17H20FN3O2/c1-11-15(16(23)20-17(2,10-22)12-3-4-12)9-19-21(11)14-7-5-13(18)6-8-14/h5-9,12,22H,3-4,10H2,1-2H3,(H,20,23). The second-order valence-electron chi connectivity index (χ2n) is 6.34. The molecule has 1 aromatic heterocycles. The van der Waals surface area contributed by atoms with Crippen LogP contribution in [0.5, 0.6) is 0 Å². The van der Waals surface area contributed by atoms with Crippen LogP contribution in [0.15, 0.2) is 30.5 Å². The van der Waals surface area contributed by atoms with E-state index in [0.717, 1.165) is 12.8 Å². The average Bonchev–Trinajstić information content (AvgIpc) is 3.32. The van der Waals surface area contributed by atoms with Crippen molar-refractivity contribution in [2.24, 2.45) is 5.92 Å². The van der Waals surface area contributed by atoms with Crippen LogP contribution in [-0.2, 0) is 0 Å². The van der Waals surface area contributed by atoms with Gasteiger partial charge in [0.1, 0.15) is 5.82 Å². The molecular formula is C17H20FN3O2. The van der Waals surface area contributed by atoms with E-state index in [1.165, 1.54) is 18.3 Å². The van der Waals surface area contributed by atoms with Gasteiger partial charge in [-0.2, -0.15) is 5.10 Å². The highest BCUT2D eigenvalue weighted by atomic mass is 19.1. The molecule has 0 spiro atoms. The summed E-state index contributed by atoms with van der Waals surface area (Å²) in [5, 5.41) is 16.8. The molecule has 1 heterocycles. The van der Waals surface area contributed by atoms with Gasteiger partial charge in [0, 0.05) is 0 Å². The number of hydrogen-bond donors (Lipinski definition) is 2. The number of nitrogens with zero attached hydrogens (tertiary/aromatic N) is 2. The molecule has 0 aliphatic heterocycles. The highest BCUT2D eigenvalue weighted by Crippen LogP contribution is 2.39. The smallest absolute Gasteiger partial charge is 0.255 e. The minimum Gasteiger partial charge on any atom is -0.394 e. The Hall–Kier alpha value is -2.21. The van der Waals surface area contributed by atoms with Crippen molar-refractivity contribution in [3.05, 3.63) is 47.5 Å². The van der Waals surface area contributed by atoms with Gasteiger partial charge >= 0.3 is 0 Å². The Bertz CT molecular complexity index is 722. The number of aliphatic hydroxyl groups excluding tert-OH is 1. The Kier molecular flexibility index (Phi) is 3.93. The number of rotatable bonds is 5. The van der Waals surface area contributed by atoms with Crippen molar-refractivity contribution >= 4 is 5.91 Å². The summed E-state index contributed by atoms with van der Waals surface area (Å²) in [5.41, 5.74) is 1.22. The number of carbonyl (C=O) groups is 1. The van der Waals surface area contributed by atoms with E-state index in [2.05, 4.69) is 10.4 Å². The van der Waals surface area contributed by atoms with E-state index < -0.39 is 5.54 Å². The number of aromatic nitrogens is 2. The molecule has 1 saturated carbocycles. The second-order valence-corrected chi connectivity index (χ2v) is 6.34. The summed E-state index contributed by atoms with van der Waals surface area (Å²) in [6.45, 7) is 3.57. The van der Waals surface area contributed by atoms with Gasteiger partial charge in [-0.05, 0) is 56.9 Å². The van der Waals surface area contributed by atoms with Crippen molar-refractivity contribution in [1.29, 1.82) is 0 Å². The number of amides is 1. The van der Waals surface area contributed by atoms with E-state index in [9.17, 15) is 14.3 Å². The lowest BCUT2D eigenvalue weighted by Crippen LogP contribution is -2.50. The Morgan fingerprint density at radius 1 is 1.43 bits per heavy atom. The summed E-state index contributed by atoms with van der Waals surface area (Å²) in [7, 11) is 0. The quantitative estimate of drug-likeness (QED) is 0.888. The van der Waals surface area contributed by atoms with Gasteiger partial charge in [-0.15, -0.1) is 0 Å². The van der Waals surface area contributed by atoms with Gasteiger partial charge in [-0.25, -0.2) is 9.07 Å². The third kappa shape index (κ3) is 2.99. The maximum absolute atomic E-state index is 13.0. The van der Waals surface area contributed by atoms with Gasteiger partial charge in [-0.3, -0.25) is 4.79 Å². The molecule has 2 N–H and O–H groups in total. The van der Waals surface area contributed by atoms with Gasteiger partial charge in [-0.1, -0.05) is 0 Å². The Labute approximate surface area is 134 Å². The van der Waals surface area contributed by atoms with Crippen molar-refractivity contribution < 1.29 is 14.3 Å². The first-order chi connectivity index (χ1) is 10.9. The first-order valence-corrected chi connectivity index (χ1v) is 7.68. The molecule has 1 atom stereocenters. The van der Waals surface area contributed by atoms with Crippen molar-refractivity contribution in [2.45, 2.75) is 32.2 Å². The molecule has 1 aromatic carbocycles. The van der Waals surface area contributed by atoms with Crippen LogP contribution in [0.2, 0.25) is 0 Å². The molecule has 122 valence electrons. The third-order valence-electron chi connectivity index (χ3n) is 4.53. The fraction of sp³-hybridized carbons (Fsp3) is 0.412. The summed E-state index contributed by atoms with van der Waals surface area (Å²) in [6.07, 6.45) is 3.54. The van der Waals surface area contributed by atoms with Crippen molar-refractivity contribution in [3.8, 4) is 5.69 Å². The first-order valence-electron chi connectivity index (χ1n) is 7.68. The van der Waals surface area contributed by atoms with Crippen LogP contribution in [0.25, 0.3) is 5.69 Å². The maximum atomic E-state index is 13.0. The van der Waals surface area contributed by atoms with E-state index in [1.807, 2.05) is 6.92 Å². The van der Waals surface area contributed by atoms with E-state index in [1.54, 1.807) is 23.7 Å². The van der Waals surface area contributed by atoms with Gasteiger partial charge in [0.2, 0.25) is 0 Å². The minimum absolute atomic E-state index is 0.0887. The zero-order valence-electron chi connectivity index (χ0n) is 13.2. The Morgan fingerprint density at radius 2 is 2.09 bits per heavy atom. The summed E-state index contributed by atoms with van der Waals surface area (Å²) in [4.78, 5) is 12.5. The topological polar surface area (TPSA) is 67.2 Å². The summed E-state index contributed by atoms with van der Waals surface area (Å²) >= 11 is 0. The van der Waals surface area contributed by atoms with Gasteiger partial charge in [0.15, 0.2) is 0 Å². The average molecular weight is 317 g/mol. The van der Waals surface area contributed by atoms with Crippen LogP contribution in [0.4, 0.5) is 4.39 Å². The van der Waals surface area contributed by atoms with Crippen LogP contribution >= 0.6 is 0 Å². The monoisotopic (exact) mass is 317 g/mol. The zero-order valence-corrected chi connectivity index (χ0v) is 13.2. The molecule has 3 rings (SSSR count). The van der Waals surface area contributed by atoms with Gasteiger partial charge in [0.05, 0.1) is 35.3 Å². The van der Waals surface area contributed by atoms with E-state index in [4.69, 9.17) is 0 Å². The number of hydrogen-bond acceptors (Lipinski definition) is 3. The molecule has 0 radical (unpaired) electrons. The molecular weight excluding hydrogens is 297 g/mol. The lowest BCUT2D eigenvalue weighted by atomic mass is 9.96. The van der Waals surface area contributed by atoms with E-state index in [-0.39, 0.29) is 18.3 Å². The molecule has 2 aromatic rings. The van der Waals surface area contributed by atoms with Crippen molar-refractivity contribution in [2.75, 3.05) is 6.61 Å². The number of aliphatic hydroxyl groups is 1. The molecule has 1 amide bonds. The summed E-state index contributed by atoms with van der Waals surface area (Å²) in [6, 6.07) is 5.93. The fourth-order valence-corrected chi connectivity index (χ4v) is 2.79. The van der Waals surface area contributed by atoms with Crippen LogP contribution in [0.1, 0.15) is 35.8 Å². The second kappa shape index (κ2) is 5.77. The van der Waals surface area contributed by atoms with Crippen molar-refractivity contribution in [1.82, 2.24) is 15.1 Å². The normalized spacial score (nSPS) is 16.9. The number of benzene rings is 1. The molecule has 5 nitrogen and oxygen atoms in total. The largest absolute Gasteiger partial charge is 0.394 e. The van der Waals surface area contributed by atoms with E-state index >= 15 is 0 Å². The van der Waals surface area contributed by atoms with Crippen LogP contribution in [-0.4, -0.2) is 32.9 Å².